The molecule has 0 bridgehead atoms. The zero-order chi connectivity index (χ0) is 13.0. The number of nitrogens with one attached hydrogen (secondary N) is 1. The van der Waals surface area contributed by atoms with Crippen molar-refractivity contribution in [2.24, 2.45) is 0 Å². The van der Waals surface area contributed by atoms with E-state index in [1.807, 2.05) is 25.9 Å². The molecule has 0 fully saturated rings. The van der Waals surface area contributed by atoms with Crippen LogP contribution < -0.4 is 5.32 Å². The molecule has 0 aliphatic heterocycles. The molecule has 5 nitrogen and oxygen atoms in total. The van der Waals surface area contributed by atoms with Crippen LogP contribution in [0.3, 0.4) is 0 Å². The predicted molar refractivity (Wildman–Crippen MR) is 64.7 cm³/mol. The molecule has 0 radical (unpaired) electrons. The van der Waals surface area contributed by atoms with Gasteiger partial charge in [0.15, 0.2) is 0 Å². The van der Waals surface area contributed by atoms with Crippen molar-refractivity contribution in [2.75, 3.05) is 26.0 Å². The molecule has 0 heterocycles. The summed E-state index contributed by atoms with van der Waals surface area (Å²) in [5.41, 5.74) is 0.0985. The summed E-state index contributed by atoms with van der Waals surface area (Å²) in [7, 11) is 3.80. The lowest BCUT2D eigenvalue weighted by Gasteiger charge is -2.19. The highest BCUT2D eigenvalue weighted by atomic mass is 19.1. The summed E-state index contributed by atoms with van der Waals surface area (Å²) < 4.78 is 13.1. The molecule has 0 spiro atoms. The van der Waals surface area contributed by atoms with Gasteiger partial charge in [-0.25, -0.2) is 4.39 Å². The van der Waals surface area contributed by atoms with Crippen LogP contribution in [0.15, 0.2) is 18.2 Å². The fraction of sp³-hybridized carbons (Fsp3) is 0.455. The standard InChI is InChI=1S/C11H16FN3O2/c1-8(7-14(2)3)13-10-6-9(12)4-5-11(10)15(16)17/h4-6,8,13H,7H2,1-3H3. The van der Waals surface area contributed by atoms with Crippen molar-refractivity contribution >= 4 is 11.4 Å². The summed E-state index contributed by atoms with van der Waals surface area (Å²) in [6, 6.07) is 3.38. The first kappa shape index (κ1) is 13.4. The van der Waals surface area contributed by atoms with Gasteiger partial charge in [0.1, 0.15) is 11.5 Å². The largest absolute Gasteiger partial charge is 0.376 e. The molecule has 0 saturated carbocycles. The van der Waals surface area contributed by atoms with E-state index in [9.17, 15) is 14.5 Å². The minimum atomic E-state index is -0.524. The minimum Gasteiger partial charge on any atom is -0.376 e. The van der Waals surface area contributed by atoms with Gasteiger partial charge in [0.05, 0.1) is 4.92 Å². The van der Waals surface area contributed by atoms with Crippen LogP contribution in [0.1, 0.15) is 6.92 Å². The van der Waals surface area contributed by atoms with Crippen molar-refractivity contribution in [3.8, 4) is 0 Å². The molecule has 0 saturated heterocycles. The summed E-state index contributed by atoms with van der Waals surface area (Å²) in [6.07, 6.45) is 0. The third-order valence-electron chi connectivity index (χ3n) is 2.20. The van der Waals surface area contributed by atoms with Gasteiger partial charge < -0.3 is 10.2 Å². The molecule has 0 aromatic heterocycles. The maximum atomic E-state index is 13.1. The molecular weight excluding hydrogens is 225 g/mol. The predicted octanol–water partition coefficient (Wildman–Crippen LogP) is 2.10. The maximum absolute atomic E-state index is 13.1. The van der Waals surface area contributed by atoms with Crippen LogP contribution in [-0.2, 0) is 0 Å². The van der Waals surface area contributed by atoms with E-state index in [2.05, 4.69) is 5.32 Å². The van der Waals surface area contributed by atoms with E-state index in [0.29, 0.717) is 6.54 Å². The molecule has 1 aromatic carbocycles. The molecule has 1 aromatic rings. The summed E-state index contributed by atoms with van der Waals surface area (Å²) >= 11 is 0. The molecular formula is C11H16FN3O2. The number of halogens is 1. The zero-order valence-corrected chi connectivity index (χ0v) is 10.1. The molecule has 17 heavy (non-hydrogen) atoms. The van der Waals surface area contributed by atoms with E-state index in [4.69, 9.17) is 0 Å². The number of hydrogen-bond donors (Lipinski definition) is 1. The van der Waals surface area contributed by atoms with Crippen LogP contribution in [0, 0.1) is 15.9 Å². The SMILES string of the molecule is CC(CN(C)C)Nc1cc(F)ccc1[N+](=O)[O-]. The molecule has 1 rings (SSSR count). The number of hydrogen-bond acceptors (Lipinski definition) is 4. The van der Waals surface area contributed by atoms with Gasteiger partial charge in [-0.3, -0.25) is 10.1 Å². The Hall–Kier alpha value is -1.69. The lowest BCUT2D eigenvalue weighted by molar-refractivity contribution is -0.384. The molecule has 94 valence electrons. The Labute approximate surface area is 99.4 Å². The van der Waals surface area contributed by atoms with Crippen LogP contribution in [-0.4, -0.2) is 36.5 Å². The monoisotopic (exact) mass is 241 g/mol. The van der Waals surface area contributed by atoms with Crippen LogP contribution in [0.4, 0.5) is 15.8 Å². The van der Waals surface area contributed by atoms with Gasteiger partial charge in [-0.1, -0.05) is 0 Å². The molecule has 0 aliphatic rings. The Morgan fingerprint density at radius 3 is 2.71 bits per heavy atom. The Morgan fingerprint density at radius 2 is 2.18 bits per heavy atom. The zero-order valence-electron chi connectivity index (χ0n) is 10.1. The van der Waals surface area contributed by atoms with Gasteiger partial charge in [-0.05, 0) is 27.1 Å². The van der Waals surface area contributed by atoms with Gasteiger partial charge >= 0.3 is 0 Å². The Balaban J connectivity index is 2.88. The third kappa shape index (κ3) is 3.99. The Kier molecular flexibility index (Phi) is 4.39. The lowest BCUT2D eigenvalue weighted by Crippen LogP contribution is -2.29. The molecule has 6 heteroatoms. The minimum absolute atomic E-state index is 0.00880. The number of nitrogens with zero attached hydrogens (tertiary/aromatic N) is 2. The fourth-order valence-electron chi connectivity index (χ4n) is 1.64. The molecule has 1 N–H and O–H groups in total. The van der Waals surface area contributed by atoms with E-state index < -0.39 is 10.7 Å². The van der Waals surface area contributed by atoms with Crippen molar-refractivity contribution in [3.63, 3.8) is 0 Å². The second kappa shape index (κ2) is 5.58. The normalized spacial score (nSPS) is 12.5. The number of nitro benzene ring substituents is 1. The average Bonchev–Trinajstić information content (AvgIpc) is 2.15. The van der Waals surface area contributed by atoms with E-state index in [-0.39, 0.29) is 17.4 Å². The topological polar surface area (TPSA) is 58.4 Å². The number of benzene rings is 1. The molecule has 0 amide bonds. The molecule has 1 atom stereocenters. The van der Waals surface area contributed by atoms with Crippen LogP contribution in [0.2, 0.25) is 0 Å². The van der Waals surface area contributed by atoms with Gasteiger partial charge in [0.25, 0.3) is 5.69 Å². The highest BCUT2D eigenvalue weighted by Crippen LogP contribution is 2.25. The first-order valence-electron chi connectivity index (χ1n) is 5.25. The Morgan fingerprint density at radius 1 is 1.53 bits per heavy atom. The van der Waals surface area contributed by atoms with Gasteiger partial charge in [0.2, 0.25) is 0 Å². The van der Waals surface area contributed by atoms with Crippen LogP contribution in [0.25, 0.3) is 0 Å². The van der Waals surface area contributed by atoms with Gasteiger partial charge in [0, 0.05) is 24.7 Å². The summed E-state index contributed by atoms with van der Waals surface area (Å²) in [4.78, 5) is 12.2. The number of anilines is 1. The number of rotatable bonds is 5. The highest BCUT2D eigenvalue weighted by molar-refractivity contribution is 5.61. The third-order valence-corrected chi connectivity index (χ3v) is 2.20. The van der Waals surface area contributed by atoms with Crippen LogP contribution >= 0.6 is 0 Å². The van der Waals surface area contributed by atoms with Crippen LogP contribution in [0.5, 0.6) is 0 Å². The second-order valence-electron chi connectivity index (χ2n) is 4.23. The van der Waals surface area contributed by atoms with Crippen molar-refractivity contribution in [2.45, 2.75) is 13.0 Å². The smallest absolute Gasteiger partial charge is 0.292 e. The van der Waals surface area contributed by atoms with E-state index in [0.717, 1.165) is 12.1 Å². The van der Waals surface area contributed by atoms with Crippen molar-refractivity contribution in [3.05, 3.63) is 34.1 Å². The van der Waals surface area contributed by atoms with Crippen molar-refractivity contribution < 1.29 is 9.31 Å². The van der Waals surface area contributed by atoms with Gasteiger partial charge in [-0.2, -0.15) is 0 Å². The average molecular weight is 241 g/mol. The first-order chi connectivity index (χ1) is 7.90. The van der Waals surface area contributed by atoms with Crippen molar-refractivity contribution in [1.82, 2.24) is 4.90 Å². The fourth-order valence-corrected chi connectivity index (χ4v) is 1.64. The molecule has 0 aliphatic carbocycles. The van der Waals surface area contributed by atoms with E-state index in [1.165, 1.54) is 6.07 Å². The first-order valence-corrected chi connectivity index (χ1v) is 5.25. The van der Waals surface area contributed by atoms with Gasteiger partial charge in [-0.15, -0.1) is 0 Å². The quantitative estimate of drug-likeness (QED) is 0.633. The summed E-state index contributed by atoms with van der Waals surface area (Å²) in [5.74, 6) is -0.491. The summed E-state index contributed by atoms with van der Waals surface area (Å²) in [5, 5.41) is 13.7. The lowest BCUT2D eigenvalue weighted by atomic mass is 10.2. The maximum Gasteiger partial charge on any atom is 0.292 e. The van der Waals surface area contributed by atoms with Crippen molar-refractivity contribution in [1.29, 1.82) is 0 Å². The second-order valence-corrected chi connectivity index (χ2v) is 4.23. The number of likely N-dealkylation sites (N-methyl/N-ethyl adjacent to an activating group) is 1. The molecule has 1 unspecified atom stereocenters. The summed E-state index contributed by atoms with van der Waals surface area (Å²) in [6.45, 7) is 2.59. The van der Waals surface area contributed by atoms with E-state index in [1.54, 1.807) is 0 Å². The van der Waals surface area contributed by atoms with E-state index >= 15 is 0 Å². The Bertz CT molecular complexity index is 410. The highest BCUT2D eigenvalue weighted by Gasteiger charge is 2.16. The number of nitro groups is 1.